The Balaban J connectivity index is 2.10. The molecule has 2 N–H and O–H groups in total. The van der Waals surface area contributed by atoms with Gasteiger partial charge in [0, 0.05) is 19.6 Å². The zero-order valence-corrected chi connectivity index (χ0v) is 10.0. The number of hydrogen-bond acceptors (Lipinski definition) is 3. The number of pyridine rings is 1. The van der Waals surface area contributed by atoms with Crippen LogP contribution in [0.2, 0.25) is 0 Å². The molecule has 88 valence electrons. The second-order valence-electron chi connectivity index (χ2n) is 4.55. The minimum Gasteiger partial charge on any atom is -0.356 e. The highest BCUT2D eigenvalue weighted by atomic mass is 15.2. The highest BCUT2D eigenvalue weighted by molar-refractivity contribution is 5.39. The first-order chi connectivity index (χ1) is 7.83. The van der Waals surface area contributed by atoms with Crippen LogP contribution in [0.4, 0.5) is 5.82 Å². The monoisotopic (exact) mass is 219 g/mol. The lowest BCUT2D eigenvalue weighted by atomic mass is 9.96. The summed E-state index contributed by atoms with van der Waals surface area (Å²) in [6.45, 7) is 5.09. The van der Waals surface area contributed by atoms with Crippen LogP contribution in [0.3, 0.4) is 0 Å². The van der Waals surface area contributed by atoms with Gasteiger partial charge < -0.3 is 10.6 Å². The summed E-state index contributed by atoms with van der Waals surface area (Å²) in [4.78, 5) is 6.98. The maximum atomic E-state index is 5.62. The largest absolute Gasteiger partial charge is 0.356 e. The van der Waals surface area contributed by atoms with Gasteiger partial charge in [-0.1, -0.05) is 19.4 Å². The summed E-state index contributed by atoms with van der Waals surface area (Å²) in [5, 5.41) is 0. The Hall–Kier alpha value is -1.09. The van der Waals surface area contributed by atoms with Crippen molar-refractivity contribution >= 4 is 5.82 Å². The molecule has 0 radical (unpaired) electrons. The van der Waals surface area contributed by atoms with Gasteiger partial charge in [0.15, 0.2) is 0 Å². The fourth-order valence-electron chi connectivity index (χ4n) is 2.36. The third kappa shape index (κ3) is 2.53. The van der Waals surface area contributed by atoms with E-state index in [1.165, 1.54) is 19.3 Å². The molecule has 3 heteroatoms. The maximum absolute atomic E-state index is 5.62. The minimum atomic E-state index is 0.527. The Labute approximate surface area is 97.7 Å². The van der Waals surface area contributed by atoms with Crippen LogP contribution in [0.15, 0.2) is 18.2 Å². The van der Waals surface area contributed by atoms with E-state index in [4.69, 9.17) is 5.73 Å². The lowest BCUT2D eigenvalue weighted by Crippen LogP contribution is -2.35. The first-order valence-electron chi connectivity index (χ1n) is 6.24. The maximum Gasteiger partial charge on any atom is 0.128 e. The summed E-state index contributed by atoms with van der Waals surface area (Å²) >= 11 is 0. The van der Waals surface area contributed by atoms with Crippen LogP contribution in [-0.2, 0) is 6.54 Å². The lowest BCUT2D eigenvalue weighted by molar-refractivity contribution is 0.403. The Bertz CT molecular complexity index is 338. The molecule has 0 amide bonds. The lowest BCUT2D eigenvalue weighted by Gasteiger charge is -2.33. The van der Waals surface area contributed by atoms with E-state index >= 15 is 0 Å². The zero-order chi connectivity index (χ0) is 11.4. The highest BCUT2D eigenvalue weighted by Gasteiger charge is 2.19. The van der Waals surface area contributed by atoms with Gasteiger partial charge in [-0.2, -0.15) is 0 Å². The Morgan fingerprint density at radius 2 is 2.38 bits per heavy atom. The Morgan fingerprint density at radius 3 is 3.12 bits per heavy atom. The normalized spacial score (nSPS) is 21.1. The summed E-state index contributed by atoms with van der Waals surface area (Å²) in [5.74, 6) is 1.93. The van der Waals surface area contributed by atoms with Crippen molar-refractivity contribution in [1.82, 2.24) is 4.98 Å². The standard InChI is InChI=1S/C13H21N3/c1-2-11-5-4-8-16(10-11)13-7-3-6-12(9-14)15-13/h3,6-7,11H,2,4-5,8-10,14H2,1H3. The molecule has 1 unspecified atom stereocenters. The quantitative estimate of drug-likeness (QED) is 0.847. The number of piperidine rings is 1. The van der Waals surface area contributed by atoms with Crippen molar-refractivity contribution in [3.63, 3.8) is 0 Å². The van der Waals surface area contributed by atoms with Crippen molar-refractivity contribution in [2.75, 3.05) is 18.0 Å². The van der Waals surface area contributed by atoms with Gasteiger partial charge in [-0.3, -0.25) is 0 Å². The van der Waals surface area contributed by atoms with Crippen LogP contribution in [-0.4, -0.2) is 18.1 Å². The van der Waals surface area contributed by atoms with E-state index in [1.807, 2.05) is 6.07 Å². The number of hydrogen-bond donors (Lipinski definition) is 1. The van der Waals surface area contributed by atoms with Gasteiger partial charge in [-0.15, -0.1) is 0 Å². The van der Waals surface area contributed by atoms with Crippen LogP contribution in [0.1, 0.15) is 31.9 Å². The average molecular weight is 219 g/mol. The van der Waals surface area contributed by atoms with Crippen LogP contribution in [0.25, 0.3) is 0 Å². The smallest absolute Gasteiger partial charge is 0.128 e. The molecule has 0 saturated carbocycles. The van der Waals surface area contributed by atoms with E-state index in [0.29, 0.717) is 6.54 Å². The fraction of sp³-hybridized carbons (Fsp3) is 0.615. The molecular formula is C13H21N3. The van der Waals surface area contributed by atoms with E-state index in [9.17, 15) is 0 Å². The van der Waals surface area contributed by atoms with Gasteiger partial charge in [0.1, 0.15) is 5.82 Å². The van der Waals surface area contributed by atoms with Gasteiger partial charge in [0.2, 0.25) is 0 Å². The number of nitrogens with two attached hydrogens (primary N) is 1. The van der Waals surface area contributed by atoms with Gasteiger partial charge in [-0.25, -0.2) is 4.98 Å². The second kappa shape index (κ2) is 5.30. The molecule has 3 nitrogen and oxygen atoms in total. The highest BCUT2D eigenvalue weighted by Crippen LogP contribution is 2.23. The van der Waals surface area contributed by atoms with Crippen LogP contribution >= 0.6 is 0 Å². The summed E-state index contributed by atoms with van der Waals surface area (Å²) < 4.78 is 0. The zero-order valence-electron chi connectivity index (χ0n) is 10.0. The van der Waals surface area contributed by atoms with Gasteiger partial charge in [0.05, 0.1) is 5.69 Å². The summed E-state index contributed by atoms with van der Waals surface area (Å²) in [6.07, 6.45) is 3.92. The van der Waals surface area contributed by atoms with E-state index < -0.39 is 0 Å². The molecule has 1 saturated heterocycles. The SMILES string of the molecule is CCC1CCCN(c2cccc(CN)n2)C1. The molecular weight excluding hydrogens is 198 g/mol. The molecule has 1 aliphatic heterocycles. The number of rotatable bonds is 3. The molecule has 1 aliphatic rings. The summed E-state index contributed by atoms with van der Waals surface area (Å²) in [6, 6.07) is 6.14. The predicted molar refractivity (Wildman–Crippen MR) is 67.4 cm³/mol. The van der Waals surface area contributed by atoms with Crippen molar-refractivity contribution in [2.45, 2.75) is 32.7 Å². The third-order valence-electron chi connectivity index (χ3n) is 3.42. The molecule has 16 heavy (non-hydrogen) atoms. The van der Waals surface area contributed by atoms with Gasteiger partial charge in [0.25, 0.3) is 0 Å². The molecule has 1 aromatic heterocycles. The van der Waals surface area contributed by atoms with Crippen molar-refractivity contribution in [2.24, 2.45) is 11.7 Å². The van der Waals surface area contributed by atoms with E-state index in [-0.39, 0.29) is 0 Å². The first-order valence-corrected chi connectivity index (χ1v) is 6.24. The Kier molecular flexibility index (Phi) is 3.78. The number of anilines is 1. The van der Waals surface area contributed by atoms with Crippen molar-refractivity contribution < 1.29 is 0 Å². The average Bonchev–Trinajstić information content (AvgIpc) is 2.39. The molecule has 0 bridgehead atoms. The number of aromatic nitrogens is 1. The molecule has 2 heterocycles. The predicted octanol–water partition coefficient (Wildman–Crippen LogP) is 2.17. The summed E-state index contributed by atoms with van der Waals surface area (Å²) in [5.41, 5.74) is 6.60. The van der Waals surface area contributed by atoms with Gasteiger partial charge >= 0.3 is 0 Å². The topological polar surface area (TPSA) is 42.1 Å². The number of nitrogens with zero attached hydrogens (tertiary/aromatic N) is 2. The fourth-order valence-corrected chi connectivity index (χ4v) is 2.36. The van der Waals surface area contributed by atoms with E-state index in [0.717, 1.165) is 30.5 Å². The van der Waals surface area contributed by atoms with E-state index in [1.54, 1.807) is 0 Å². The Morgan fingerprint density at radius 1 is 1.50 bits per heavy atom. The molecule has 1 atom stereocenters. The molecule has 2 rings (SSSR count). The van der Waals surface area contributed by atoms with Crippen molar-refractivity contribution in [3.8, 4) is 0 Å². The second-order valence-corrected chi connectivity index (χ2v) is 4.55. The summed E-state index contributed by atoms with van der Waals surface area (Å²) in [7, 11) is 0. The third-order valence-corrected chi connectivity index (χ3v) is 3.42. The molecule has 0 spiro atoms. The molecule has 0 aromatic carbocycles. The van der Waals surface area contributed by atoms with Crippen molar-refractivity contribution in [3.05, 3.63) is 23.9 Å². The van der Waals surface area contributed by atoms with Crippen LogP contribution in [0, 0.1) is 5.92 Å². The van der Waals surface area contributed by atoms with Gasteiger partial charge in [-0.05, 0) is 30.9 Å². The van der Waals surface area contributed by atoms with Crippen LogP contribution < -0.4 is 10.6 Å². The first kappa shape index (κ1) is 11.4. The molecule has 1 aromatic rings. The van der Waals surface area contributed by atoms with E-state index in [2.05, 4.69) is 28.9 Å². The van der Waals surface area contributed by atoms with Crippen molar-refractivity contribution in [1.29, 1.82) is 0 Å². The van der Waals surface area contributed by atoms with Crippen LogP contribution in [0.5, 0.6) is 0 Å². The minimum absolute atomic E-state index is 0.527. The molecule has 1 fully saturated rings. The molecule has 0 aliphatic carbocycles.